The van der Waals surface area contributed by atoms with Gasteiger partial charge in [0.2, 0.25) is 0 Å². The van der Waals surface area contributed by atoms with Crippen LogP contribution in [0.1, 0.15) is 25.3 Å². The van der Waals surface area contributed by atoms with E-state index in [9.17, 15) is 0 Å². The van der Waals surface area contributed by atoms with E-state index in [0.29, 0.717) is 30.7 Å². The number of rotatable bonds is 5. The Bertz CT molecular complexity index is 494. The summed E-state index contributed by atoms with van der Waals surface area (Å²) in [6.45, 7) is 5.24. The van der Waals surface area contributed by atoms with Gasteiger partial charge in [0.05, 0.1) is 0 Å². The Morgan fingerprint density at radius 2 is 1.95 bits per heavy atom. The maximum absolute atomic E-state index is 5.36. The Labute approximate surface area is 119 Å². The predicted octanol–water partition coefficient (Wildman–Crippen LogP) is 3.22. The molecule has 104 valence electrons. The molecule has 0 bridgehead atoms. The van der Waals surface area contributed by atoms with Crippen LogP contribution in [0.25, 0.3) is 11.3 Å². The quantitative estimate of drug-likeness (QED) is 0.915. The summed E-state index contributed by atoms with van der Waals surface area (Å²) in [5, 5.41) is 3.83. The van der Waals surface area contributed by atoms with E-state index < -0.39 is 0 Å². The van der Waals surface area contributed by atoms with Gasteiger partial charge in [0, 0.05) is 18.2 Å². The fourth-order valence-corrected chi connectivity index (χ4v) is 1.66. The van der Waals surface area contributed by atoms with Crippen molar-refractivity contribution in [1.29, 1.82) is 0 Å². The summed E-state index contributed by atoms with van der Waals surface area (Å²) in [6, 6.07) is 10.0. The molecule has 2 aromatic rings. The second-order valence-electron chi connectivity index (χ2n) is 4.44. The molecule has 2 rings (SSSR count). The van der Waals surface area contributed by atoms with Crippen LogP contribution in [0.15, 0.2) is 34.9 Å². The second kappa shape index (κ2) is 7.16. The highest BCUT2D eigenvalue weighted by atomic mass is 35.5. The van der Waals surface area contributed by atoms with E-state index in [1.54, 1.807) is 6.07 Å². The molecule has 1 aromatic heterocycles. The third-order valence-electron chi connectivity index (χ3n) is 2.72. The second-order valence-corrected chi connectivity index (χ2v) is 4.44. The zero-order valence-corrected chi connectivity index (χ0v) is 11.9. The summed E-state index contributed by atoms with van der Waals surface area (Å²) < 4.78 is 10.5. The molecule has 0 fully saturated rings. The minimum atomic E-state index is 0. The number of nitrogens with zero attached hydrogens (tertiary/aromatic N) is 1. The summed E-state index contributed by atoms with van der Waals surface area (Å²) in [7, 11) is 0. The first-order chi connectivity index (χ1) is 8.70. The lowest BCUT2D eigenvalue weighted by Gasteiger charge is -2.04. The number of halogens is 1. The molecule has 0 aliphatic rings. The van der Waals surface area contributed by atoms with Crippen molar-refractivity contribution < 1.29 is 9.26 Å². The molecule has 0 spiro atoms. The fourth-order valence-electron chi connectivity index (χ4n) is 1.66. The van der Waals surface area contributed by atoms with Crippen molar-refractivity contribution >= 4 is 12.4 Å². The van der Waals surface area contributed by atoms with Crippen molar-refractivity contribution in [3.8, 4) is 17.2 Å². The van der Waals surface area contributed by atoms with Crippen LogP contribution < -0.4 is 10.5 Å². The van der Waals surface area contributed by atoms with Crippen LogP contribution in [0.5, 0.6) is 5.88 Å². The highest BCUT2D eigenvalue weighted by Crippen LogP contribution is 2.25. The number of aromatic nitrogens is 1. The van der Waals surface area contributed by atoms with Gasteiger partial charge in [0.1, 0.15) is 6.61 Å². The van der Waals surface area contributed by atoms with Gasteiger partial charge in [-0.3, -0.25) is 0 Å². The Hall–Kier alpha value is -1.52. The Morgan fingerprint density at radius 3 is 2.53 bits per heavy atom. The van der Waals surface area contributed by atoms with E-state index in [4.69, 9.17) is 15.0 Å². The van der Waals surface area contributed by atoms with Gasteiger partial charge in [-0.05, 0) is 16.6 Å². The van der Waals surface area contributed by atoms with E-state index >= 15 is 0 Å². The molecule has 0 aliphatic carbocycles. The smallest absolute Gasteiger partial charge is 0.254 e. The number of benzene rings is 1. The van der Waals surface area contributed by atoms with E-state index in [-0.39, 0.29) is 12.4 Å². The van der Waals surface area contributed by atoms with Gasteiger partial charge in [-0.2, -0.15) is 0 Å². The molecule has 5 heteroatoms. The molecular weight excluding hydrogens is 264 g/mol. The number of hydrogen-bond acceptors (Lipinski definition) is 4. The standard InChI is InChI=1S/C14H18N2O2.ClH/c1-10(2)11-3-5-12(6-4-11)13-9-14(16-18-13)17-8-7-15;/h3-6,9-10H,7-8,15H2,1-2H3;1H. The van der Waals surface area contributed by atoms with Gasteiger partial charge in [-0.25, -0.2) is 0 Å². The van der Waals surface area contributed by atoms with E-state index in [1.165, 1.54) is 5.56 Å². The topological polar surface area (TPSA) is 61.3 Å². The molecule has 0 atom stereocenters. The summed E-state index contributed by atoms with van der Waals surface area (Å²) in [6.07, 6.45) is 0. The maximum atomic E-state index is 5.36. The lowest BCUT2D eigenvalue weighted by atomic mass is 10.0. The van der Waals surface area contributed by atoms with Crippen LogP contribution in [0.3, 0.4) is 0 Å². The summed E-state index contributed by atoms with van der Waals surface area (Å²) >= 11 is 0. The third-order valence-corrected chi connectivity index (χ3v) is 2.72. The first-order valence-electron chi connectivity index (χ1n) is 6.10. The van der Waals surface area contributed by atoms with Crippen LogP contribution >= 0.6 is 12.4 Å². The van der Waals surface area contributed by atoms with Gasteiger partial charge >= 0.3 is 0 Å². The van der Waals surface area contributed by atoms with Gasteiger partial charge in [0.25, 0.3) is 5.88 Å². The molecule has 2 N–H and O–H groups in total. The van der Waals surface area contributed by atoms with Crippen molar-refractivity contribution in [3.63, 3.8) is 0 Å². The van der Waals surface area contributed by atoms with Crippen LogP contribution in [0.4, 0.5) is 0 Å². The minimum Gasteiger partial charge on any atom is -0.474 e. The van der Waals surface area contributed by atoms with Crippen LogP contribution in [0.2, 0.25) is 0 Å². The zero-order chi connectivity index (χ0) is 13.0. The SMILES string of the molecule is CC(C)c1ccc(-c2cc(OCCN)no2)cc1.Cl. The summed E-state index contributed by atoms with van der Waals surface area (Å²) in [5.74, 6) is 1.71. The lowest BCUT2D eigenvalue weighted by molar-refractivity contribution is 0.288. The summed E-state index contributed by atoms with van der Waals surface area (Å²) in [5.41, 5.74) is 7.65. The molecule has 4 nitrogen and oxygen atoms in total. The van der Waals surface area contributed by atoms with Crippen molar-refractivity contribution in [2.45, 2.75) is 19.8 Å². The minimum absolute atomic E-state index is 0. The lowest BCUT2D eigenvalue weighted by Crippen LogP contribution is -2.10. The van der Waals surface area contributed by atoms with Gasteiger partial charge in [-0.1, -0.05) is 38.1 Å². The highest BCUT2D eigenvalue weighted by Gasteiger charge is 2.08. The molecule has 0 radical (unpaired) electrons. The van der Waals surface area contributed by atoms with Crippen molar-refractivity contribution in [2.75, 3.05) is 13.2 Å². The van der Waals surface area contributed by atoms with Gasteiger partial charge in [-0.15, -0.1) is 12.4 Å². The van der Waals surface area contributed by atoms with Crippen molar-refractivity contribution in [1.82, 2.24) is 5.16 Å². The number of ether oxygens (including phenoxy) is 1. The summed E-state index contributed by atoms with van der Waals surface area (Å²) in [4.78, 5) is 0. The zero-order valence-electron chi connectivity index (χ0n) is 11.1. The molecule has 19 heavy (non-hydrogen) atoms. The van der Waals surface area contributed by atoms with Crippen molar-refractivity contribution in [3.05, 3.63) is 35.9 Å². The van der Waals surface area contributed by atoms with Gasteiger partial charge in [0.15, 0.2) is 5.76 Å². The first kappa shape index (κ1) is 15.5. The Kier molecular flexibility index (Phi) is 5.86. The van der Waals surface area contributed by atoms with Crippen LogP contribution in [-0.4, -0.2) is 18.3 Å². The van der Waals surface area contributed by atoms with Crippen LogP contribution in [0, 0.1) is 0 Å². The molecule has 0 amide bonds. The molecular formula is C14H19ClN2O2. The van der Waals surface area contributed by atoms with Crippen molar-refractivity contribution in [2.24, 2.45) is 5.73 Å². The fraction of sp³-hybridized carbons (Fsp3) is 0.357. The molecule has 0 unspecified atom stereocenters. The Balaban J connectivity index is 0.00000180. The average Bonchev–Trinajstić information content (AvgIpc) is 2.85. The normalized spacial score (nSPS) is 10.3. The molecule has 1 aromatic carbocycles. The molecule has 0 saturated carbocycles. The highest BCUT2D eigenvalue weighted by molar-refractivity contribution is 5.85. The predicted molar refractivity (Wildman–Crippen MR) is 77.8 cm³/mol. The van der Waals surface area contributed by atoms with Crippen LogP contribution in [-0.2, 0) is 0 Å². The van der Waals surface area contributed by atoms with E-state index in [0.717, 1.165) is 5.56 Å². The third kappa shape index (κ3) is 3.98. The monoisotopic (exact) mass is 282 g/mol. The average molecular weight is 283 g/mol. The largest absolute Gasteiger partial charge is 0.474 e. The maximum Gasteiger partial charge on any atom is 0.254 e. The number of hydrogen-bond donors (Lipinski definition) is 1. The van der Waals surface area contributed by atoms with E-state index in [2.05, 4.69) is 31.1 Å². The first-order valence-corrected chi connectivity index (χ1v) is 6.10. The molecule has 0 saturated heterocycles. The molecule has 0 aliphatic heterocycles. The molecule has 1 heterocycles. The van der Waals surface area contributed by atoms with E-state index in [1.807, 2.05) is 12.1 Å². The van der Waals surface area contributed by atoms with Gasteiger partial charge < -0.3 is 15.0 Å². The Morgan fingerprint density at radius 1 is 1.26 bits per heavy atom. The number of nitrogens with two attached hydrogens (primary N) is 1.